The van der Waals surface area contributed by atoms with Crippen molar-refractivity contribution in [1.82, 2.24) is 4.98 Å². The van der Waals surface area contributed by atoms with Crippen LogP contribution in [0.4, 0.5) is 0 Å². The predicted octanol–water partition coefficient (Wildman–Crippen LogP) is 2.86. The van der Waals surface area contributed by atoms with Gasteiger partial charge in [-0.2, -0.15) is 0 Å². The minimum Gasteiger partial charge on any atom is -0.465 e. The first-order valence-corrected chi connectivity index (χ1v) is 8.75. The third kappa shape index (κ3) is 3.47. The summed E-state index contributed by atoms with van der Waals surface area (Å²) in [4.78, 5) is 17.6. The van der Waals surface area contributed by atoms with Gasteiger partial charge in [0, 0.05) is 5.56 Å². The maximum Gasteiger partial charge on any atom is 0.337 e. The summed E-state index contributed by atoms with van der Waals surface area (Å²) in [6, 6.07) is 16.2. The third-order valence-corrected chi connectivity index (χ3v) is 5.50. The minimum atomic E-state index is -0.301. The van der Waals surface area contributed by atoms with Crippen molar-refractivity contribution < 1.29 is 14.4 Å². The maximum absolute atomic E-state index is 11.5. The van der Waals surface area contributed by atoms with Crippen molar-refractivity contribution in [2.75, 3.05) is 14.2 Å². The van der Waals surface area contributed by atoms with Crippen molar-refractivity contribution in [1.29, 1.82) is 0 Å². The summed E-state index contributed by atoms with van der Waals surface area (Å²) < 4.78 is 5.96. The van der Waals surface area contributed by atoms with Crippen LogP contribution < -0.4 is 4.90 Å². The van der Waals surface area contributed by atoms with Crippen LogP contribution in [0.5, 0.6) is 0 Å². The molecule has 3 aromatic rings. The lowest BCUT2D eigenvalue weighted by atomic mass is 10.1. The number of nitrogens with zero attached hydrogens (tertiary/aromatic N) is 1. The van der Waals surface area contributed by atoms with Gasteiger partial charge in [0.25, 0.3) is 0 Å². The number of quaternary nitrogens is 1. The Hall–Kier alpha value is -2.24. The summed E-state index contributed by atoms with van der Waals surface area (Å²) in [6.45, 7) is 3.08. The molecule has 0 saturated heterocycles. The number of thiazole rings is 1. The number of aromatic nitrogens is 1. The fraction of sp³-hybridized carbons (Fsp3) is 0.263. The number of hydrogen-bond acceptors (Lipinski definition) is 4. The molecule has 124 valence electrons. The van der Waals surface area contributed by atoms with Gasteiger partial charge in [-0.05, 0) is 31.2 Å². The lowest BCUT2D eigenvalue weighted by Crippen LogP contribution is -3.07. The number of ether oxygens (including phenoxy) is 1. The molecule has 0 fully saturated rings. The van der Waals surface area contributed by atoms with Crippen LogP contribution in [0, 0.1) is 0 Å². The lowest BCUT2D eigenvalue weighted by Gasteiger charge is -2.20. The van der Waals surface area contributed by atoms with Crippen molar-refractivity contribution >= 4 is 27.5 Å². The average Bonchev–Trinajstić information content (AvgIpc) is 3.05. The molecule has 0 radical (unpaired) electrons. The van der Waals surface area contributed by atoms with Crippen LogP contribution in [0.1, 0.15) is 33.9 Å². The lowest BCUT2D eigenvalue weighted by molar-refractivity contribution is -0.923. The Morgan fingerprint density at radius 2 is 1.92 bits per heavy atom. The molecule has 0 spiro atoms. The molecule has 0 aliphatic heterocycles. The molecule has 24 heavy (non-hydrogen) atoms. The molecule has 0 bridgehead atoms. The van der Waals surface area contributed by atoms with E-state index in [-0.39, 0.29) is 5.97 Å². The van der Waals surface area contributed by atoms with E-state index in [1.54, 1.807) is 11.3 Å². The van der Waals surface area contributed by atoms with Gasteiger partial charge in [0.05, 0.1) is 29.9 Å². The highest BCUT2D eigenvalue weighted by Gasteiger charge is 2.20. The topological polar surface area (TPSA) is 43.6 Å². The van der Waals surface area contributed by atoms with Crippen LogP contribution in [0.2, 0.25) is 0 Å². The number of esters is 1. The molecule has 3 rings (SSSR count). The smallest absolute Gasteiger partial charge is 0.337 e. The number of carbonyl (C=O) groups is 1. The molecule has 5 heteroatoms. The van der Waals surface area contributed by atoms with Crippen LogP contribution in [-0.4, -0.2) is 25.1 Å². The maximum atomic E-state index is 11.5. The average molecular weight is 341 g/mol. The number of para-hydroxylation sites is 1. The number of benzene rings is 2. The van der Waals surface area contributed by atoms with E-state index < -0.39 is 0 Å². The first-order valence-electron chi connectivity index (χ1n) is 7.93. The highest BCUT2D eigenvalue weighted by molar-refractivity contribution is 7.18. The van der Waals surface area contributed by atoms with E-state index in [0.29, 0.717) is 11.6 Å². The zero-order chi connectivity index (χ0) is 17.1. The molecule has 2 atom stereocenters. The van der Waals surface area contributed by atoms with Crippen molar-refractivity contribution in [3.63, 3.8) is 0 Å². The molecular formula is C19H21N2O2S+. The monoisotopic (exact) mass is 341 g/mol. The van der Waals surface area contributed by atoms with Crippen LogP contribution in [0.15, 0.2) is 48.5 Å². The quantitative estimate of drug-likeness (QED) is 0.726. The summed E-state index contributed by atoms with van der Waals surface area (Å²) in [6.07, 6.45) is 0. The highest BCUT2D eigenvalue weighted by atomic mass is 32.1. The first kappa shape index (κ1) is 16.6. The van der Waals surface area contributed by atoms with E-state index in [9.17, 15) is 4.79 Å². The Morgan fingerprint density at radius 3 is 2.58 bits per heavy atom. The van der Waals surface area contributed by atoms with Crippen LogP contribution in [0.25, 0.3) is 10.2 Å². The number of rotatable bonds is 5. The second kappa shape index (κ2) is 7.11. The van der Waals surface area contributed by atoms with Crippen molar-refractivity contribution in [3.05, 3.63) is 64.7 Å². The number of nitrogens with one attached hydrogen (secondary N) is 1. The fourth-order valence-electron chi connectivity index (χ4n) is 2.64. The molecule has 1 aromatic heterocycles. The predicted molar refractivity (Wildman–Crippen MR) is 96.4 cm³/mol. The van der Waals surface area contributed by atoms with Crippen molar-refractivity contribution in [2.45, 2.75) is 19.5 Å². The van der Waals surface area contributed by atoms with E-state index >= 15 is 0 Å². The largest absolute Gasteiger partial charge is 0.465 e. The second-order valence-corrected chi connectivity index (χ2v) is 7.02. The summed E-state index contributed by atoms with van der Waals surface area (Å²) >= 11 is 1.76. The molecule has 1 N–H and O–H groups in total. The van der Waals surface area contributed by atoms with E-state index in [4.69, 9.17) is 9.72 Å². The van der Waals surface area contributed by atoms with E-state index in [0.717, 1.165) is 17.1 Å². The number of methoxy groups -OCH3 is 1. The molecule has 0 saturated carbocycles. The molecule has 2 aromatic carbocycles. The van der Waals surface area contributed by atoms with Gasteiger partial charge in [0.2, 0.25) is 0 Å². The van der Waals surface area contributed by atoms with Gasteiger partial charge in [0.15, 0.2) is 5.01 Å². The Bertz CT molecular complexity index is 809. The van der Waals surface area contributed by atoms with Gasteiger partial charge in [0.1, 0.15) is 12.6 Å². The standard InChI is InChI=1S/C19H20N2O2S/c1-13(18-20-16-6-4-5-7-17(16)24-18)21(2)12-14-8-10-15(11-9-14)19(22)23-3/h4-11,13H,12H2,1-3H3/p+1/t13-/m0/s1. The number of hydrogen-bond donors (Lipinski definition) is 1. The summed E-state index contributed by atoms with van der Waals surface area (Å²) in [5.74, 6) is -0.301. The van der Waals surface area contributed by atoms with Gasteiger partial charge >= 0.3 is 5.97 Å². The molecule has 1 unspecified atom stereocenters. The summed E-state index contributed by atoms with van der Waals surface area (Å²) in [5.41, 5.74) is 2.84. The van der Waals surface area contributed by atoms with Crippen LogP contribution in [0.3, 0.4) is 0 Å². The van der Waals surface area contributed by atoms with Gasteiger partial charge in [-0.3, -0.25) is 0 Å². The van der Waals surface area contributed by atoms with Gasteiger partial charge in [-0.1, -0.05) is 24.3 Å². The second-order valence-electron chi connectivity index (χ2n) is 5.95. The molecular weight excluding hydrogens is 320 g/mol. The molecule has 0 aliphatic carbocycles. The SMILES string of the molecule is COC(=O)c1ccc(C[NH+](C)[C@@H](C)c2nc3ccccc3s2)cc1. The zero-order valence-electron chi connectivity index (χ0n) is 14.1. The summed E-state index contributed by atoms with van der Waals surface area (Å²) in [7, 11) is 3.57. The Labute approximate surface area is 145 Å². The van der Waals surface area contributed by atoms with E-state index in [2.05, 4.69) is 26.1 Å². The Morgan fingerprint density at radius 1 is 1.21 bits per heavy atom. The number of fused-ring (bicyclic) bond motifs is 1. The number of carbonyl (C=O) groups excluding carboxylic acids is 1. The molecule has 0 aliphatic rings. The molecule has 4 nitrogen and oxygen atoms in total. The van der Waals surface area contributed by atoms with E-state index in [1.165, 1.54) is 22.3 Å². The van der Waals surface area contributed by atoms with Crippen LogP contribution >= 0.6 is 11.3 Å². The normalized spacial score (nSPS) is 13.6. The van der Waals surface area contributed by atoms with Crippen molar-refractivity contribution in [2.24, 2.45) is 0 Å². The van der Waals surface area contributed by atoms with Crippen LogP contribution in [-0.2, 0) is 11.3 Å². The van der Waals surface area contributed by atoms with Gasteiger partial charge in [-0.15, -0.1) is 11.3 Å². The molecule has 0 amide bonds. The Kier molecular flexibility index (Phi) is 4.92. The van der Waals surface area contributed by atoms with Crippen molar-refractivity contribution in [3.8, 4) is 0 Å². The first-order chi connectivity index (χ1) is 11.6. The fourth-order valence-corrected chi connectivity index (χ4v) is 3.75. The van der Waals surface area contributed by atoms with Gasteiger partial charge in [-0.25, -0.2) is 9.78 Å². The zero-order valence-corrected chi connectivity index (χ0v) is 14.9. The summed E-state index contributed by atoms with van der Waals surface area (Å²) in [5, 5.41) is 1.15. The third-order valence-electron chi connectivity index (χ3n) is 4.28. The molecule has 1 heterocycles. The Balaban J connectivity index is 1.71. The van der Waals surface area contributed by atoms with E-state index in [1.807, 2.05) is 36.4 Å². The highest BCUT2D eigenvalue weighted by Crippen LogP contribution is 2.24. The van der Waals surface area contributed by atoms with Gasteiger partial charge < -0.3 is 9.64 Å². The minimum absolute atomic E-state index is 0.301.